The van der Waals surface area contributed by atoms with Crippen molar-refractivity contribution in [3.05, 3.63) is 0 Å². The second-order valence-corrected chi connectivity index (χ2v) is 7.25. The number of rotatable bonds is 15. The van der Waals surface area contributed by atoms with Gasteiger partial charge in [-0.05, 0) is 18.3 Å². The molecule has 0 heteroatoms. The zero-order valence-corrected chi connectivity index (χ0v) is 15.1. The van der Waals surface area contributed by atoms with Crippen molar-refractivity contribution < 1.29 is 0 Å². The smallest absolute Gasteiger partial charge is 0.0412 e. The molecule has 0 aliphatic carbocycles. The first kappa shape index (κ1) is 20.0. The number of hydrogen-bond donors (Lipinski definition) is 0. The molecule has 0 bridgehead atoms. The molecule has 0 spiro atoms. The van der Waals surface area contributed by atoms with Crippen LogP contribution in [0, 0.1) is 11.8 Å². The van der Waals surface area contributed by atoms with Crippen molar-refractivity contribution in [3.8, 4) is 0 Å². The van der Waals surface area contributed by atoms with Crippen molar-refractivity contribution in [1.82, 2.24) is 0 Å². The zero-order chi connectivity index (χ0) is 15.1. The highest BCUT2D eigenvalue weighted by Gasteiger charge is 2.10. The summed E-state index contributed by atoms with van der Waals surface area (Å²) in [4.78, 5) is 0. The van der Waals surface area contributed by atoms with E-state index in [2.05, 4.69) is 27.7 Å². The molecule has 0 nitrogen and oxygen atoms in total. The van der Waals surface area contributed by atoms with Crippen molar-refractivity contribution >= 4 is 0 Å². The minimum atomic E-state index is 0.885. The van der Waals surface area contributed by atoms with Crippen LogP contribution in [0.25, 0.3) is 0 Å². The lowest BCUT2D eigenvalue weighted by molar-refractivity contribution is 0.339. The Hall–Kier alpha value is 0. The summed E-state index contributed by atoms with van der Waals surface area (Å²) < 4.78 is 0. The van der Waals surface area contributed by atoms with Gasteiger partial charge in [0.1, 0.15) is 0 Å². The van der Waals surface area contributed by atoms with E-state index in [1.165, 1.54) is 89.9 Å². The van der Waals surface area contributed by atoms with Crippen molar-refractivity contribution in [3.63, 3.8) is 0 Å². The molecule has 0 saturated heterocycles. The highest BCUT2D eigenvalue weighted by Crippen LogP contribution is 2.25. The van der Waals surface area contributed by atoms with Crippen LogP contribution in [0.15, 0.2) is 0 Å². The maximum absolute atomic E-state index is 2.39. The van der Waals surface area contributed by atoms with Crippen LogP contribution in [0.4, 0.5) is 0 Å². The van der Waals surface area contributed by atoms with Gasteiger partial charge in [0.15, 0.2) is 0 Å². The third-order valence-electron chi connectivity index (χ3n) is 4.49. The van der Waals surface area contributed by atoms with E-state index >= 15 is 0 Å². The predicted molar refractivity (Wildman–Crippen MR) is 94.3 cm³/mol. The molecule has 0 aliphatic rings. The lowest BCUT2D eigenvalue weighted by Crippen LogP contribution is -2.05. The van der Waals surface area contributed by atoms with Crippen molar-refractivity contribution in [2.45, 2.75) is 118 Å². The van der Waals surface area contributed by atoms with Crippen LogP contribution in [0.2, 0.25) is 0 Å². The van der Waals surface area contributed by atoms with Crippen LogP contribution in [0.1, 0.15) is 118 Å². The van der Waals surface area contributed by atoms with Gasteiger partial charge in [0.25, 0.3) is 0 Å². The normalized spacial score (nSPS) is 13.1. The first-order chi connectivity index (χ1) is 9.70. The van der Waals surface area contributed by atoms with Gasteiger partial charge >= 0.3 is 0 Å². The standard InChI is InChI=1S/C20H42/c1-5-7-9-11-13-15-17-20(18-19(3)4)16-14-12-10-8-6-2/h19-20H,5-18H2,1-4H3. The van der Waals surface area contributed by atoms with Gasteiger partial charge in [-0.25, -0.2) is 0 Å². The van der Waals surface area contributed by atoms with Gasteiger partial charge in [0.05, 0.1) is 0 Å². The Morgan fingerprint density at radius 2 is 0.950 bits per heavy atom. The van der Waals surface area contributed by atoms with E-state index in [0.29, 0.717) is 0 Å². The van der Waals surface area contributed by atoms with E-state index in [-0.39, 0.29) is 0 Å². The fourth-order valence-corrected chi connectivity index (χ4v) is 3.30. The summed E-state index contributed by atoms with van der Waals surface area (Å²) >= 11 is 0. The van der Waals surface area contributed by atoms with E-state index in [1.807, 2.05) is 0 Å². The van der Waals surface area contributed by atoms with Gasteiger partial charge in [-0.2, -0.15) is 0 Å². The predicted octanol–water partition coefficient (Wildman–Crippen LogP) is 7.76. The Labute approximate surface area is 130 Å². The SMILES string of the molecule is CCCCCCCCC(CCCCCCC)CC(C)C. The van der Waals surface area contributed by atoms with Gasteiger partial charge in [-0.1, -0.05) is 111 Å². The lowest BCUT2D eigenvalue weighted by Gasteiger charge is -2.19. The van der Waals surface area contributed by atoms with E-state index in [1.54, 1.807) is 0 Å². The maximum Gasteiger partial charge on any atom is -0.0412 e. The van der Waals surface area contributed by atoms with Crippen LogP contribution in [0.5, 0.6) is 0 Å². The van der Waals surface area contributed by atoms with Gasteiger partial charge in [-0.3, -0.25) is 0 Å². The number of unbranched alkanes of at least 4 members (excludes halogenated alkanes) is 9. The molecular weight excluding hydrogens is 240 g/mol. The second kappa shape index (κ2) is 15.4. The van der Waals surface area contributed by atoms with Gasteiger partial charge in [-0.15, -0.1) is 0 Å². The zero-order valence-electron chi connectivity index (χ0n) is 15.1. The molecule has 0 amide bonds. The maximum atomic E-state index is 2.39. The van der Waals surface area contributed by atoms with Crippen molar-refractivity contribution in [1.29, 1.82) is 0 Å². The second-order valence-electron chi connectivity index (χ2n) is 7.25. The first-order valence-electron chi connectivity index (χ1n) is 9.70. The van der Waals surface area contributed by atoms with Crippen molar-refractivity contribution in [2.24, 2.45) is 11.8 Å². The molecule has 0 aromatic heterocycles. The Morgan fingerprint density at radius 3 is 1.35 bits per heavy atom. The molecular formula is C20H42. The Balaban J connectivity index is 3.62. The fourth-order valence-electron chi connectivity index (χ4n) is 3.30. The Morgan fingerprint density at radius 1 is 0.550 bits per heavy atom. The molecule has 0 N–H and O–H groups in total. The van der Waals surface area contributed by atoms with Crippen LogP contribution in [0.3, 0.4) is 0 Å². The highest BCUT2D eigenvalue weighted by atomic mass is 14.2. The van der Waals surface area contributed by atoms with E-state index < -0.39 is 0 Å². The van der Waals surface area contributed by atoms with Gasteiger partial charge < -0.3 is 0 Å². The van der Waals surface area contributed by atoms with Crippen LogP contribution in [-0.2, 0) is 0 Å². The van der Waals surface area contributed by atoms with Gasteiger partial charge in [0, 0.05) is 0 Å². The summed E-state index contributed by atoms with van der Waals surface area (Å²) in [6.07, 6.45) is 20.4. The van der Waals surface area contributed by atoms with E-state index in [0.717, 1.165) is 11.8 Å². The lowest BCUT2D eigenvalue weighted by atomic mass is 9.87. The summed E-state index contributed by atoms with van der Waals surface area (Å²) in [6, 6.07) is 0. The van der Waals surface area contributed by atoms with E-state index in [9.17, 15) is 0 Å². The van der Waals surface area contributed by atoms with Crippen LogP contribution in [-0.4, -0.2) is 0 Å². The largest absolute Gasteiger partial charge is 0.0654 e. The molecule has 122 valence electrons. The van der Waals surface area contributed by atoms with Gasteiger partial charge in [0.2, 0.25) is 0 Å². The fraction of sp³-hybridized carbons (Fsp3) is 1.00. The summed E-state index contributed by atoms with van der Waals surface area (Å²) in [5.41, 5.74) is 0. The molecule has 0 aromatic rings. The van der Waals surface area contributed by atoms with Crippen molar-refractivity contribution in [2.75, 3.05) is 0 Å². The molecule has 0 fully saturated rings. The average molecular weight is 283 g/mol. The molecule has 0 saturated carbocycles. The molecule has 0 radical (unpaired) electrons. The van der Waals surface area contributed by atoms with Crippen LogP contribution < -0.4 is 0 Å². The topological polar surface area (TPSA) is 0 Å². The highest BCUT2D eigenvalue weighted by molar-refractivity contribution is 4.63. The third kappa shape index (κ3) is 14.4. The number of hydrogen-bond acceptors (Lipinski definition) is 0. The monoisotopic (exact) mass is 282 g/mol. The first-order valence-corrected chi connectivity index (χ1v) is 9.70. The molecule has 0 heterocycles. The third-order valence-corrected chi connectivity index (χ3v) is 4.49. The van der Waals surface area contributed by atoms with E-state index in [4.69, 9.17) is 0 Å². The molecule has 0 rings (SSSR count). The molecule has 0 aliphatic heterocycles. The molecule has 20 heavy (non-hydrogen) atoms. The minimum Gasteiger partial charge on any atom is -0.0654 e. The average Bonchev–Trinajstić information content (AvgIpc) is 2.41. The molecule has 1 atom stereocenters. The Kier molecular flexibility index (Phi) is 15.4. The van der Waals surface area contributed by atoms with Crippen LogP contribution >= 0.6 is 0 Å². The summed E-state index contributed by atoms with van der Waals surface area (Å²) in [6.45, 7) is 9.40. The molecule has 1 unspecified atom stereocenters. The minimum absolute atomic E-state index is 0.885. The Bertz CT molecular complexity index is 171. The summed E-state index contributed by atoms with van der Waals surface area (Å²) in [7, 11) is 0. The summed E-state index contributed by atoms with van der Waals surface area (Å²) in [5, 5.41) is 0. The quantitative estimate of drug-likeness (QED) is 0.269. The molecule has 0 aromatic carbocycles. The summed E-state index contributed by atoms with van der Waals surface area (Å²) in [5.74, 6) is 1.90.